The van der Waals surface area contributed by atoms with Crippen molar-refractivity contribution in [3.63, 3.8) is 0 Å². The van der Waals surface area contributed by atoms with Gasteiger partial charge < -0.3 is 0 Å². The summed E-state index contributed by atoms with van der Waals surface area (Å²) < 4.78 is 28.0. The van der Waals surface area contributed by atoms with Gasteiger partial charge in [0.2, 0.25) is 10.0 Å². The van der Waals surface area contributed by atoms with Crippen molar-refractivity contribution in [2.24, 2.45) is 5.92 Å². The van der Waals surface area contributed by atoms with E-state index < -0.39 is 10.0 Å². The number of hydrogen-bond donors (Lipinski definition) is 1. The smallest absolute Gasteiger partial charge is 0.241 e. The predicted molar refractivity (Wildman–Crippen MR) is 85.8 cm³/mol. The zero-order chi connectivity index (χ0) is 15.5. The van der Waals surface area contributed by atoms with Crippen LogP contribution in [0, 0.1) is 12.8 Å². The normalized spacial score (nSPS) is 13.5. The first-order valence-electron chi connectivity index (χ1n) is 6.87. The molecule has 0 aliphatic rings. The van der Waals surface area contributed by atoms with E-state index in [0.29, 0.717) is 10.8 Å². The van der Waals surface area contributed by atoms with Crippen molar-refractivity contribution in [1.29, 1.82) is 0 Å². The van der Waals surface area contributed by atoms with E-state index in [1.165, 1.54) is 11.3 Å². The predicted octanol–water partition coefficient (Wildman–Crippen LogP) is 3.52. The molecule has 1 aromatic heterocycles. The van der Waals surface area contributed by atoms with Crippen LogP contribution >= 0.6 is 11.3 Å². The van der Waals surface area contributed by atoms with Crippen molar-refractivity contribution < 1.29 is 8.42 Å². The van der Waals surface area contributed by atoms with Gasteiger partial charge in [-0.15, -0.1) is 11.3 Å². The third kappa shape index (κ3) is 4.12. The van der Waals surface area contributed by atoms with Gasteiger partial charge in [0, 0.05) is 11.6 Å². The molecular weight excluding hydrogens is 304 g/mol. The molecule has 0 amide bonds. The van der Waals surface area contributed by atoms with Crippen LogP contribution in [0.25, 0.3) is 0 Å². The number of rotatable bonds is 6. The second kappa shape index (κ2) is 6.68. The molecule has 0 spiro atoms. The minimum Gasteiger partial charge on any atom is -0.248 e. The van der Waals surface area contributed by atoms with E-state index in [9.17, 15) is 8.42 Å². The average Bonchev–Trinajstić information content (AvgIpc) is 2.91. The summed E-state index contributed by atoms with van der Waals surface area (Å²) >= 11 is 1.48. The Hall–Kier alpha value is -1.24. The SMILES string of the molecule is Cc1ccccc1S(=O)(=O)NC(CC(C)C)c1nccs1. The number of aromatic nitrogens is 1. The number of aryl methyl sites for hydroxylation is 1. The Bertz CT molecular complexity index is 679. The quantitative estimate of drug-likeness (QED) is 0.884. The minimum atomic E-state index is -3.55. The van der Waals surface area contributed by atoms with Gasteiger partial charge >= 0.3 is 0 Å². The van der Waals surface area contributed by atoms with Crippen LogP contribution in [0.1, 0.15) is 36.9 Å². The van der Waals surface area contributed by atoms with Crippen LogP contribution in [-0.2, 0) is 10.0 Å². The first-order valence-corrected chi connectivity index (χ1v) is 9.24. The summed E-state index contributed by atoms with van der Waals surface area (Å²) in [7, 11) is -3.55. The van der Waals surface area contributed by atoms with E-state index in [2.05, 4.69) is 23.6 Å². The Morgan fingerprint density at radius 3 is 2.57 bits per heavy atom. The molecule has 114 valence electrons. The van der Waals surface area contributed by atoms with Crippen LogP contribution in [0.2, 0.25) is 0 Å². The Labute approximate surface area is 130 Å². The van der Waals surface area contributed by atoms with Crippen LogP contribution in [0.4, 0.5) is 0 Å². The van der Waals surface area contributed by atoms with Crippen LogP contribution in [0.3, 0.4) is 0 Å². The topological polar surface area (TPSA) is 59.1 Å². The van der Waals surface area contributed by atoms with Gasteiger partial charge in [-0.3, -0.25) is 0 Å². The van der Waals surface area contributed by atoms with Gasteiger partial charge in [0.1, 0.15) is 5.01 Å². The minimum absolute atomic E-state index is 0.283. The monoisotopic (exact) mass is 324 g/mol. The Morgan fingerprint density at radius 2 is 2.00 bits per heavy atom. The van der Waals surface area contributed by atoms with Gasteiger partial charge in [0.15, 0.2) is 0 Å². The van der Waals surface area contributed by atoms with Gasteiger partial charge in [-0.1, -0.05) is 32.0 Å². The zero-order valence-electron chi connectivity index (χ0n) is 12.4. The van der Waals surface area contributed by atoms with E-state index in [-0.39, 0.29) is 6.04 Å². The lowest BCUT2D eigenvalue weighted by Crippen LogP contribution is -2.30. The van der Waals surface area contributed by atoms with Crippen molar-refractivity contribution in [2.45, 2.75) is 38.1 Å². The molecule has 0 bridgehead atoms. The summed E-state index contributed by atoms with van der Waals surface area (Å²) in [5.41, 5.74) is 0.743. The highest BCUT2D eigenvalue weighted by molar-refractivity contribution is 7.89. The van der Waals surface area contributed by atoms with Crippen molar-refractivity contribution in [3.8, 4) is 0 Å². The van der Waals surface area contributed by atoms with Crippen LogP contribution in [0.15, 0.2) is 40.7 Å². The van der Waals surface area contributed by atoms with Crippen molar-refractivity contribution in [1.82, 2.24) is 9.71 Å². The molecule has 0 fully saturated rings. The Kier molecular flexibility index (Phi) is 5.13. The highest BCUT2D eigenvalue weighted by atomic mass is 32.2. The molecule has 1 atom stereocenters. The van der Waals surface area contributed by atoms with Crippen LogP contribution in [0.5, 0.6) is 0 Å². The largest absolute Gasteiger partial charge is 0.248 e. The standard InChI is InChI=1S/C15H20N2O2S2/c1-11(2)10-13(15-16-8-9-20-15)17-21(18,19)14-7-5-4-6-12(14)3/h4-9,11,13,17H,10H2,1-3H3. The number of nitrogens with one attached hydrogen (secondary N) is 1. The first kappa shape index (κ1) is 16.1. The summed E-state index contributed by atoms with van der Waals surface area (Å²) in [6.45, 7) is 5.95. The van der Waals surface area contributed by atoms with Gasteiger partial charge in [-0.2, -0.15) is 0 Å². The molecule has 1 heterocycles. The maximum Gasteiger partial charge on any atom is 0.241 e. The molecule has 2 aromatic rings. The van der Waals surface area contributed by atoms with Crippen molar-refractivity contribution in [3.05, 3.63) is 46.4 Å². The highest BCUT2D eigenvalue weighted by Gasteiger charge is 2.24. The van der Waals surface area contributed by atoms with Crippen molar-refractivity contribution in [2.75, 3.05) is 0 Å². The fraction of sp³-hybridized carbons (Fsp3) is 0.400. The number of benzene rings is 1. The number of sulfonamides is 1. The van der Waals surface area contributed by atoms with Gasteiger partial charge in [-0.05, 0) is 30.9 Å². The maximum absolute atomic E-state index is 12.6. The lowest BCUT2D eigenvalue weighted by atomic mass is 10.1. The average molecular weight is 324 g/mol. The maximum atomic E-state index is 12.6. The number of hydrogen-bond acceptors (Lipinski definition) is 4. The third-order valence-electron chi connectivity index (χ3n) is 3.14. The molecule has 0 radical (unpaired) electrons. The lowest BCUT2D eigenvalue weighted by molar-refractivity contribution is 0.470. The summed E-state index contributed by atoms with van der Waals surface area (Å²) in [6, 6.07) is 6.72. The first-order chi connectivity index (χ1) is 9.90. The molecule has 4 nitrogen and oxygen atoms in total. The fourth-order valence-corrected chi connectivity index (χ4v) is 4.42. The molecule has 0 aliphatic heterocycles. The van der Waals surface area contributed by atoms with Crippen molar-refractivity contribution >= 4 is 21.4 Å². The summed E-state index contributed by atoms with van der Waals surface area (Å²) in [6.07, 6.45) is 2.42. The summed E-state index contributed by atoms with van der Waals surface area (Å²) in [4.78, 5) is 4.59. The van der Waals surface area contributed by atoms with Crippen LogP contribution in [-0.4, -0.2) is 13.4 Å². The Balaban J connectivity index is 2.30. The van der Waals surface area contributed by atoms with Gasteiger partial charge in [-0.25, -0.2) is 18.1 Å². The molecule has 1 unspecified atom stereocenters. The second-order valence-corrected chi connectivity index (χ2v) is 8.05. The van der Waals surface area contributed by atoms with Gasteiger partial charge in [0.25, 0.3) is 0 Å². The lowest BCUT2D eigenvalue weighted by Gasteiger charge is -2.19. The second-order valence-electron chi connectivity index (χ2n) is 5.44. The zero-order valence-corrected chi connectivity index (χ0v) is 14.0. The molecule has 21 heavy (non-hydrogen) atoms. The molecule has 1 N–H and O–H groups in total. The number of thiazole rings is 1. The molecule has 0 saturated heterocycles. The number of nitrogens with zero attached hydrogens (tertiary/aromatic N) is 1. The molecule has 2 rings (SSSR count). The van der Waals surface area contributed by atoms with Gasteiger partial charge in [0.05, 0.1) is 10.9 Å². The molecule has 0 aliphatic carbocycles. The summed E-state index contributed by atoms with van der Waals surface area (Å²) in [5.74, 6) is 0.374. The highest BCUT2D eigenvalue weighted by Crippen LogP contribution is 2.26. The van der Waals surface area contributed by atoms with E-state index in [4.69, 9.17) is 0 Å². The Morgan fingerprint density at radius 1 is 1.29 bits per heavy atom. The van der Waals surface area contributed by atoms with E-state index in [1.807, 2.05) is 11.4 Å². The van der Waals surface area contributed by atoms with E-state index in [0.717, 1.165) is 17.0 Å². The third-order valence-corrected chi connectivity index (χ3v) is 5.66. The molecule has 6 heteroatoms. The van der Waals surface area contributed by atoms with Crippen LogP contribution < -0.4 is 4.72 Å². The summed E-state index contributed by atoms with van der Waals surface area (Å²) in [5, 5.41) is 2.67. The molecular formula is C15H20N2O2S2. The molecule has 1 aromatic carbocycles. The van der Waals surface area contributed by atoms with E-state index in [1.54, 1.807) is 31.3 Å². The fourth-order valence-electron chi connectivity index (χ4n) is 2.19. The molecule has 0 saturated carbocycles. The van der Waals surface area contributed by atoms with E-state index >= 15 is 0 Å².